The van der Waals surface area contributed by atoms with Gasteiger partial charge in [0, 0.05) is 32.4 Å². The molecule has 0 aliphatic carbocycles. The van der Waals surface area contributed by atoms with Crippen LogP contribution in [-0.4, -0.2) is 58.2 Å². The standard InChI is InChI=1S/C16H19ClN4O/c1-2-19-7-9-20(10-8-19)16(22)13-11-18-21(12-13)15-6-4-3-5-14(15)17/h3-6,11-12H,2,7-10H2,1H3. The molecule has 5 nitrogen and oxygen atoms in total. The molecule has 1 amide bonds. The van der Waals surface area contributed by atoms with Gasteiger partial charge in [0.1, 0.15) is 0 Å². The SMILES string of the molecule is CCN1CCN(C(=O)c2cnn(-c3ccccc3Cl)c2)CC1. The van der Waals surface area contributed by atoms with Gasteiger partial charge in [-0.2, -0.15) is 5.10 Å². The van der Waals surface area contributed by atoms with Crippen LogP contribution in [0.1, 0.15) is 17.3 Å². The van der Waals surface area contributed by atoms with E-state index < -0.39 is 0 Å². The second kappa shape index (κ2) is 6.50. The van der Waals surface area contributed by atoms with Crippen molar-refractivity contribution in [1.29, 1.82) is 0 Å². The Labute approximate surface area is 135 Å². The van der Waals surface area contributed by atoms with Crippen molar-refractivity contribution < 1.29 is 4.79 Å². The summed E-state index contributed by atoms with van der Waals surface area (Å²) in [5.41, 5.74) is 1.38. The van der Waals surface area contributed by atoms with Gasteiger partial charge in [-0.25, -0.2) is 4.68 Å². The molecule has 1 fully saturated rings. The molecule has 0 atom stereocenters. The summed E-state index contributed by atoms with van der Waals surface area (Å²) in [4.78, 5) is 16.8. The molecule has 1 aromatic heterocycles. The van der Waals surface area contributed by atoms with Crippen molar-refractivity contribution in [3.63, 3.8) is 0 Å². The first-order chi connectivity index (χ1) is 10.7. The van der Waals surface area contributed by atoms with E-state index in [2.05, 4.69) is 16.9 Å². The van der Waals surface area contributed by atoms with Crippen LogP contribution in [0.25, 0.3) is 5.69 Å². The lowest BCUT2D eigenvalue weighted by atomic mass is 10.2. The lowest BCUT2D eigenvalue weighted by molar-refractivity contribution is 0.0643. The molecular formula is C16H19ClN4O. The minimum atomic E-state index is 0.0362. The Kier molecular flexibility index (Phi) is 4.45. The number of amides is 1. The zero-order chi connectivity index (χ0) is 15.5. The van der Waals surface area contributed by atoms with Crippen LogP contribution < -0.4 is 0 Å². The number of likely N-dealkylation sites (N-methyl/N-ethyl adjacent to an activating group) is 1. The lowest BCUT2D eigenvalue weighted by Crippen LogP contribution is -2.48. The smallest absolute Gasteiger partial charge is 0.257 e. The van der Waals surface area contributed by atoms with E-state index in [0.29, 0.717) is 10.6 Å². The summed E-state index contributed by atoms with van der Waals surface area (Å²) >= 11 is 6.17. The van der Waals surface area contributed by atoms with Crippen LogP contribution in [0, 0.1) is 0 Å². The number of halogens is 1. The normalized spacial score (nSPS) is 16.0. The van der Waals surface area contributed by atoms with E-state index >= 15 is 0 Å². The fraction of sp³-hybridized carbons (Fsp3) is 0.375. The number of carbonyl (C=O) groups excluding carboxylic acids is 1. The zero-order valence-electron chi connectivity index (χ0n) is 12.6. The monoisotopic (exact) mass is 318 g/mol. The van der Waals surface area contributed by atoms with E-state index in [9.17, 15) is 4.79 Å². The Balaban J connectivity index is 1.74. The predicted octanol–water partition coefficient (Wildman–Crippen LogP) is 2.30. The average Bonchev–Trinajstić information content (AvgIpc) is 3.04. The number of piperazine rings is 1. The number of benzene rings is 1. The Hall–Kier alpha value is -1.85. The van der Waals surface area contributed by atoms with E-state index in [0.717, 1.165) is 38.4 Å². The number of para-hydroxylation sites is 1. The maximum absolute atomic E-state index is 12.5. The van der Waals surface area contributed by atoms with E-state index in [1.807, 2.05) is 29.2 Å². The maximum Gasteiger partial charge on any atom is 0.257 e. The third kappa shape index (κ3) is 3.00. The number of hydrogen-bond acceptors (Lipinski definition) is 3. The first-order valence-electron chi connectivity index (χ1n) is 7.50. The minimum absolute atomic E-state index is 0.0362. The number of carbonyl (C=O) groups is 1. The fourth-order valence-corrected chi connectivity index (χ4v) is 2.87. The van der Waals surface area contributed by atoms with Crippen molar-refractivity contribution >= 4 is 17.5 Å². The van der Waals surface area contributed by atoms with Gasteiger partial charge in [-0.05, 0) is 18.7 Å². The van der Waals surface area contributed by atoms with Gasteiger partial charge in [0.2, 0.25) is 0 Å². The molecule has 0 unspecified atom stereocenters. The van der Waals surface area contributed by atoms with Crippen LogP contribution in [0.15, 0.2) is 36.7 Å². The Morgan fingerprint density at radius 1 is 1.23 bits per heavy atom. The van der Waals surface area contributed by atoms with Gasteiger partial charge >= 0.3 is 0 Å². The van der Waals surface area contributed by atoms with Crippen LogP contribution in [0.5, 0.6) is 0 Å². The van der Waals surface area contributed by atoms with Crippen molar-refractivity contribution in [2.45, 2.75) is 6.92 Å². The van der Waals surface area contributed by atoms with Gasteiger partial charge in [-0.1, -0.05) is 30.7 Å². The highest BCUT2D eigenvalue weighted by molar-refractivity contribution is 6.32. The van der Waals surface area contributed by atoms with Crippen molar-refractivity contribution in [2.75, 3.05) is 32.7 Å². The summed E-state index contributed by atoms with van der Waals surface area (Å²) in [5.74, 6) is 0.0362. The third-order valence-electron chi connectivity index (χ3n) is 4.04. The van der Waals surface area contributed by atoms with Gasteiger partial charge in [-0.3, -0.25) is 4.79 Å². The lowest BCUT2D eigenvalue weighted by Gasteiger charge is -2.33. The first-order valence-corrected chi connectivity index (χ1v) is 7.88. The summed E-state index contributed by atoms with van der Waals surface area (Å²) in [6, 6.07) is 7.45. The van der Waals surface area contributed by atoms with Crippen molar-refractivity contribution in [3.8, 4) is 5.69 Å². The van der Waals surface area contributed by atoms with Gasteiger partial charge < -0.3 is 9.80 Å². The first kappa shape index (κ1) is 15.1. The molecule has 3 rings (SSSR count). The highest BCUT2D eigenvalue weighted by atomic mass is 35.5. The van der Waals surface area contributed by atoms with Gasteiger partial charge in [-0.15, -0.1) is 0 Å². The van der Waals surface area contributed by atoms with Crippen LogP contribution >= 0.6 is 11.6 Å². The minimum Gasteiger partial charge on any atom is -0.336 e. The van der Waals surface area contributed by atoms with Crippen LogP contribution in [0.3, 0.4) is 0 Å². The average molecular weight is 319 g/mol. The molecule has 116 valence electrons. The molecule has 0 saturated carbocycles. The summed E-state index contributed by atoms with van der Waals surface area (Å²) in [6.07, 6.45) is 3.35. The predicted molar refractivity (Wildman–Crippen MR) is 86.6 cm³/mol. The van der Waals surface area contributed by atoms with Crippen molar-refractivity contribution in [2.24, 2.45) is 0 Å². The summed E-state index contributed by atoms with van der Waals surface area (Å²) in [6.45, 7) is 6.58. The number of aromatic nitrogens is 2. The number of rotatable bonds is 3. The molecule has 1 aliphatic rings. The third-order valence-corrected chi connectivity index (χ3v) is 4.36. The van der Waals surface area contributed by atoms with E-state index in [4.69, 9.17) is 11.6 Å². The van der Waals surface area contributed by atoms with Crippen LogP contribution in [0.2, 0.25) is 5.02 Å². The van der Waals surface area contributed by atoms with Crippen molar-refractivity contribution in [3.05, 3.63) is 47.2 Å². The highest BCUT2D eigenvalue weighted by Gasteiger charge is 2.22. The van der Waals surface area contributed by atoms with Crippen LogP contribution in [-0.2, 0) is 0 Å². The summed E-state index contributed by atoms with van der Waals surface area (Å²) < 4.78 is 1.65. The molecule has 22 heavy (non-hydrogen) atoms. The topological polar surface area (TPSA) is 41.4 Å². The van der Waals surface area contributed by atoms with Crippen LogP contribution in [0.4, 0.5) is 0 Å². The maximum atomic E-state index is 12.5. The largest absolute Gasteiger partial charge is 0.336 e. The molecule has 0 N–H and O–H groups in total. The highest BCUT2D eigenvalue weighted by Crippen LogP contribution is 2.19. The van der Waals surface area contributed by atoms with E-state index in [-0.39, 0.29) is 5.91 Å². The fourth-order valence-electron chi connectivity index (χ4n) is 2.65. The zero-order valence-corrected chi connectivity index (χ0v) is 13.3. The van der Waals surface area contributed by atoms with Crippen molar-refractivity contribution in [1.82, 2.24) is 19.6 Å². The molecule has 0 spiro atoms. The Morgan fingerprint density at radius 2 is 1.95 bits per heavy atom. The quantitative estimate of drug-likeness (QED) is 0.872. The summed E-state index contributed by atoms with van der Waals surface area (Å²) in [5, 5.41) is 4.88. The molecule has 1 aromatic carbocycles. The number of nitrogens with zero attached hydrogens (tertiary/aromatic N) is 4. The molecule has 6 heteroatoms. The molecule has 1 aliphatic heterocycles. The number of hydrogen-bond donors (Lipinski definition) is 0. The summed E-state index contributed by atoms with van der Waals surface area (Å²) in [7, 11) is 0. The van der Waals surface area contributed by atoms with E-state index in [1.54, 1.807) is 17.1 Å². The molecule has 1 saturated heterocycles. The second-order valence-corrected chi connectivity index (χ2v) is 5.76. The van der Waals surface area contributed by atoms with E-state index in [1.165, 1.54) is 0 Å². The van der Waals surface area contributed by atoms with Gasteiger partial charge in [0.15, 0.2) is 0 Å². The molecule has 0 bridgehead atoms. The molecule has 2 heterocycles. The molecule has 0 radical (unpaired) electrons. The van der Waals surface area contributed by atoms with Gasteiger partial charge in [0.25, 0.3) is 5.91 Å². The second-order valence-electron chi connectivity index (χ2n) is 5.35. The molecule has 2 aromatic rings. The Bertz CT molecular complexity index is 662. The van der Waals surface area contributed by atoms with Gasteiger partial charge in [0.05, 0.1) is 22.5 Å². The molecular weight excluding hydrogens is 300 g/mol. The Morgan fingerprint density at radius 3 is 2.64 bits per heavy atom.